The van der Waals surface area contributed by atoms with Gasteiger partial charge in [-0.05, 0) is 66.2 Å². The quantitative estimate of drug-likeness (QED) is 0.200. The first-order valence-electron chi connectivity index (χ1n) is 15.6. The lowest BCUT2D eigenvalue weighted by Crippen LogP contribution is -1.92. The van der Waals surface area contributed by atoms with E-state index in [0.717, 1.165) is 43.8 Å². The maximum absolute atomic E-state index is 8.85. The largest absolute Gasteiger partial charge is 0.455 e. The molecule has 0 aliphatic heterocycles. The smallest absolute Gasteiger partial charge is 0.143 e. The van der Waals surface area contributed by atoms with Crippen molar-refractivity contribution in [1.82, 2.24) is 0 Å². The van der Waals surface area contributed by atoms with Crippen molar-refractivity contribution >= 4 is 54.3 Å². The molecule has 1 aromatic heterocycles. The highest BCUT2D eigenvalue weighted by Gasteiger charge is 2.21. The molecular formula is C42H26O. The summed E-state index contributed by atoms with van der Waals surface area (Å²) in [5.74, 6) is 0. The first-order chi connectivity index (χ1) is 22.2. The molecule has 0 aliphatic rings. The van der Waals surface area contributed by atoms with Crippen LogP contribution in [0, 0.1) is 0 Å². The fourth-order valence-corrected chi connectivity index (χ4v) is 6.89. The van der Waals surface area contributed by atoms with E-state index in [1.807, 2.05) is 24.3 Å². The van der Waals surface area contributed by atoms with Gasteiger partial charge < -0.3 is 4.42 Å². The number of hydrogen-bond donors (Lipinski definition) is 0. The molecule has 1 heterocycles. The Hall–Kier alpha value is -5.66. The van der Waals surface area contributed by atoms with Crippen molar-refractivity contribution in [2.24, 2.45) is 0 Å². The lowest BCUT2D eigenvalue weighted by atomic mass is 9.83. The van der Waals surface area contributed by atoms with Gasteiger partial charge in [0.2, 0.25) is 0 Å². The molecule has 0 N–H and O–H groups in total. The normalized spacial score (nSPS) is 12.4. The predicted octanol–water partition coefficient (Wildman–Crippen LogP) is 12.0. The average molecular weight is 549 g/mol. The second kappa shape index (κ2) is 9.44. The van der Waals surface area contributed by atoms with Gasteiger partial charge in [-0.2, -0.15) is 0 Å². The van der Waals surface area contributed by atoms with Gasteiger partial charge in [0.1, 0.15) is 11.2 Å². The minimum atomic E-state index is 0.118. The summed E-state index contributed by atoms with van der Waals surface area (Å²) in [6.45, 7) is 0. The SMILES string of the molecule is [2H]c1c([2H])c2oc3c(-c4ccccc4-c4c5ccccc5c(-c5ccccc5)c5ccccc45)cccc3c2c2ccccc12. The van der Waals surface area contributed by atoms with Gasteiger partial charge in [-0.3, -0.25) is 0 Å². The number of hydrogen-bond acceptors (Lipinski definition) is 1. The molecule has 9 aromatic rings. The van der Waals surface area contributed by atoms with E-state index in [2.05, 4.69) is 121 Å². The van der Waals surface area contributed by atoms with Crippen molar-refractivity contribution in [3.63, 3.8) is 0 Å². The number of rotatable bonds is 3. The molecule has 0 aliphatic carbocycles. The molecule has 0 saturated carbocycles. The summed E-state index contributed by atoms with van der Waals surface area (Å²) in [6, 6.07) is 51.0. The summed E-state index contributed by atoms with van der Waals surface area (Å²) < 4.78 is 24.1. The van der Waals surface area contributed by atoms with Gasteiger partial charge in [-0.25, -0.2) is 0 Å². The summed E-state index contributed by atoms with van der Waals surface area (Å²) in [7, 11) is 0. The molecule has 0 saturated heterocycles. The van der Waals surface area contributed by atoms with Crippen LogP contribution in [0.1, 0.15) is 2.74 Å². The highest BCUT2D eigenvalue weighted by atomic mass is 16.3. The highest BCUT2D eigenvalue weighted by molar-refractivity contribution is 6.24. The van der Waals surface area contributed by atoms with E-state index < -0.39 is 0 Å². The van der Waals surface area contributed by atoms with Gasteiger partial charge >= 0.3 is 0 Å². The second-order valence-electron chi connectivity index (χ2n) is 11.0. The predicted molar refractivity (Wildman–Crippen MR) is 183 cm³/mol. The van der Waals surface area contributed by atoms with E-state index in [-0.39, 0.29) is 12.1 Å². The fraction of sp³-hybridized carbons (Fsp3) is 0. The van der Waals surface area contributed by atoms with Gasteiger partial charge in [-0.15, -0.1) is 0 Å². The van der Waals surface area contributed by atoms with Gasteiger partial charge in [0, 0.05) is 16.3 Å². The lowest BCUT2D eigenvalue weighted by Gasteiger charge is -2.19. The van der Waals surface area contributed by atoms with Crippen LogP contribution in [0.2, 0.25) is 0 Å². The fourth-order valence-electron chi connectivity index (χ4n) is 6.89. The molecule has 0 atom stereocenters. The maximum atomic E-state index is 8.85. The van der Waals surface area contributed by atoms with E-state index in [4.69, 9.17) is 7.16 Å². The van der Waals surface area contributed by atoms with Crippen molar-refractivity contribution in [2.45, 2.75) is 0 Å². The van der Waals surface area contributed by atoms with E-state index in [1.165, 1.54) is 38.2 Å². The summed E-state index contributed by atoms with van der Waals surface area (Å²) >= 11 is 0. The summed E-state index contributed by atoms with van der Waals surface area (Å²) in [4.78, 5) is 0. The molecule has 9 rings (SSSR count). The van der Waals surface area contributed by atoms with Crippen LogP contribution in [-0.4, -0.2) is 0 Å². The first-order valence-corrected chi connectivity index (χ1v) is 14.6. The number of fused-ring (bicyclic) bond motifs is 7. The Labute approximate surface area is 252 Å². The molecule has 0 fully saturated rings. The maximum Gasteiger partial charge on any atom is 0.143 e. The van der Waals surface area contributed by atoms with Gasteiger partial charge in [0.05, 0.1) is 2.74 Å². The molecule has 0 amide bonds. The second-order valence-corrected chi connectivity index (χ2v) is 11.0. The minimum absolute atomic E-state index is 0.118. The van der Waals surface area contributed by atoms with E-state index in [1.54, 1.807) is 0 Å². The molecule has 0 radical (unpaired) electrons. The van der Waals surface area contributed by atoms with Crippen molar-refractivity contribution in [3.8, 4) is 33.4 Å². The zero-order valence-corrected chi connectivity index (χ0v) is 23.3. The van der Waals surface area contributed by atoms with E-state index in [9.17, 15) is 0 Å². The third kappa shape index (κ3) is 3.58. The molecular weight excluding hydrogens is 520 g/mol. The molecule has 0 spiro atoms. The van der Waals surface area contributed by atoms with Crippen LogP contribution in [0.3, 0.4) is 0 Å². The number of furan rings is 1. The Morgan fingerprint density at radius 3 is 1.65 bits per heavy atom. The van der Waals surface area contributed by atoms with Crippen LogP contribution < -0.4 is 0 Å². The lowest BCUT2D eigenvalue weighted by molar-refractivity contribution is 0.670. The van der Waals surface area contributed by atoms with Crippen LogP contribution in [0.4, 0.5) is 0 Å². The Balaban J connectivity index is 1.40. The molecule has 0 bridgehead atoms. The Morgan fingerprint density at radius 2 is 0.930 bits per heavy atom. The molecule has 1 heteroatoms. The number of para-hydroxylation sites is 1. The Morgan fingerprint density at radius 1 is 0.395 bits per heavy atom. The van der Waals surface area contributed by atoms with Crippen LogP contribution in [0.15, 0.2) is 162 Å². The van der Waals surface area contributed by atoms with Gasteiger partial charge in [-0.1, -0.05) is 152 Å². The third-order valence-electron chi connectivity index (χ3n) is 8.70. The van der Waals surface area contributed by atoms with Crippen molar-refractivity contribution in [1.29, 1.82) is 0 Å². The van der Waals surface area contributed by atoms with E-state index in [0.29, 0.717) is 5.58 Å². The first kappa shape index (κ1) is 22.0. The Kier molecular flexibility index (Phi) is 4.83. The zero-order valence-electron chi connectivity index (χ0n) is 25.3. The van der Waals surface area contributed by atoms with Crippen LogP contribution in [0.25, 0.3) is 87.6 Å². The topological polar surface area (TPSA) is 13.1 Å². The molecule has 43 heavy (non-hydrogen) atoms. The summed E-state index contributed by atoms with van der Waals surface area (Å²) in [5.41, 5.74) is 7.97. The molecule has 8 aromatic carbocycles. The zero-order chi connectivity index (χ0) is 30.1. The van der Waals surface area contributed by atoms with Crippen molar-refractivity contribution in [2.75, 3.05) is 0 Å². The average Bonchev–Trinajstić information content (AvgIpc) is 3.50. The standard InChI is InChI=1S/C42H26O/c1-2-14-28(15-3-1)39-32-19-8-10-21-34(32)40(35-22-11-9-20-33(35)39)31-18-7-6-17-30(31)36-23-12-24-37-41-29-16-5-4-13-27(29)25-26-38(41)43-42(36)37/h1-26H/i25D,26D. The third-order valence-corrected chi connectivity index (χ3v) is 8.70. The molecule has 1 nitrogen and oxygen atoms in total. The molecule has 200 valence electrons. The Bertz CT molecular complexity index is 2560. The minimum Gasteiger partial charge on any atom is -0.455 e. The molecule has 0 unspecified atom stereocenters. The van der Waals surface area contributed by atoms with Crippen LogP contribution in [-0.2, 0) is 0 Å². The van der Waals surface area contributed by atoms with Gasteiger partial charge in [0.25, 0.3) is 0 Å². The summed E-state index contributed by atoms with van der Waals surface area (Å²) in [6.07, 6.45) is 0. The van der Waals surface area contributed by atoms with E-state index >= 15 is 0 Å². The highest BCUT2D eigenvalue weighted by Crippen LogP contribution is 2.47. The summed E-state index contributed by atoms with van der Waals surface area (Å²) in [5, 5.41) is 8.35. The van der Waals surface area contributed by atoms with Crippen LogP contribution >= 0.6 is 0 Å². The van der Waals surface area contributed by atoms with Crippen molar-refractivity contribution < 1.29 is 7.16 Å². The number of benzene rings is 8. The van der Waals surface area contributed by atoms with Crippen LogP contribution in [0.5, 0.6) is 0 Å². The van der Waals surface area contributed by atoms with Crippen molar-refractivity contribution in [3.05, 3.63) is 158 Å². The van der Waals surface area contributed by atoms with Gasteiger partial charge in [0.15, 0.2) is 0 Å². The monoisotopic (exact) mass is 548 g/mol.